The van der Waals surface area contributed by atoms with Gasteiger partial charge in [0.2, 0.25) is 0 Å². The first kappa shape index (κ1) is 22.4. The number of pyridine rings is 1. The minimum absolute atomic E-state index is 0.112. The van der Waals surface area contributed by atoms with Crippen LogP contribution in [0.4, 0.5) is 9.18 Å². The normalized spacial score (nSPS) is 15.4. The van der Waals surface area contributed by atoms with Crippen molar-refractivity contribution in [3.63, 3.8) is 0 Å². The molecule has 1 aromatic carbocycles. The monoisotopic (exact) mass is 463 g/mol. The molecule has 7 nitrogen and oxygen atoms in total. The maximum atomic E-state index is 15.1. The van der Waals surface area contributed by atoms with E-state index in [1.54, 1.807) is 11.0 Å². The molecule has 5 rings (SSSR count). The van der Waals surface area contributed by atoms with Crippen LogP contribution in [-0.2, 0) is 4.74 Å². The number of carbonyl (C=O) groups is 1. The summed E-state index contributed by atoms with van der Waals surface area (Å²) in [5.74, 6) is -0.336. The van der Waals surface area contributed by atoms with Crippen molar-refractivity contribution in [2.45, 2.75) is 59.1 Å². The lowest BCUT2D eigenvalue weighted by molar-refractivity contribution is 0.0185. The molecule has 0 spiro atoms. The van der Waals surface area contributed by atoms with E-state index in [1.807, 2.05) is 74.4 Å². The number of benzene rings is 1. The fraction of sp³-hybridized carbons (Fsp3) is 0.423. The first-order valence-electron chi connectivity index (χ1n) is 11.7. The Balaban J connectivity index is 1.39. The fourth-order valence-corrected chi connectivity index (χ4v) is 4.65. The molecule has 1 aliphatic heterocycles. The average Bonchev–Trinajstić information content (AvgIpc) is 3.36. The summed E-state index contributed by atoms with van der Waals surface area (Å²) >= 11 is 0. The van der Waals surface area contributed by atoms with Crippen LogP contribution in [0.5, 0.6) is 0 Å². The number of amides is 1. The number of ether oxygens (including phenoxy) is 1. The highest BCUT2D eigenvalue weighted by atomic mass is 19.1. The first-order valence-corrected chi connectivity index (χ1v) is 11.7. The van der Waals surface area contributed by atoms with E-state index < -0.39 is 5.60 Å². The number of aryl methyl sites for hydroxylation is 2. The highest BCUT2D eigenvalue weighted by Crippen LogP contribution is 2.31. The molecule has 0 radical (unpaired) electrons. The Kier molecular flexibility index (Phi) is 5.34. The summed E-state index contributed by atoms with van der Waals surface area (Å²) < 4.78 is 24.4. The number of likely N-dealkylation sites (tertiary alicyclic amines) is 1. The lowest BCUT2D eigenvalue weighted by Gasteiger charge is -2.33. The van der Waals surface area contributed by atoms with Crippen LogP contribution in [-0.4, -0.2) is 48.8 Å². The van der Waals surface area contributed by atoms with E-state index in [0.717, 1.165) is 46.3 Å². The van der Waals surface area contributed by atoms with Gasteiger partial charge in [0.25, 0.3) is 0 Å². The van der Waals surface area contributed by atoms with Crippen molar-refractivity contribution in [3.05, 3.63) is 53.9 Å². The van der Waals surface area contributed by atoms with Crippen LogP contribution >= 0.6 is 0 Å². The second kappa shape index (κ2) is 8.11. The lowest BCUT2D eigenvalue weighted by atomic mass is 10.0. The van der Waals surface area contributed by atoms with Crippen molar-refractivity contribution >= 4 is 22.6 Å². The molecule has 178 valence electrons. The molecule has 1 amide bonds. The molecule has 8 heteroatoms. The van der Waals surface area contributed by atoms with E-state index in [9.17, 15) is 4.79 Å². The highest BCUT2D eigenvalue weighted by molar-refractivity contribution is 5.85. The molecule has 0 atom stereocenters. The largest absolute Gasteiger partial charge is 0.444 e. The van der Waals surface area contributed by atoms with Crippen molar-refractivity contribution in [2.24, 2.45) is 0 Å². The standard InChI is InChI=1S/C26H30FN5O2/c1-16-10-19(14-31-13-17(2)28-24(16)31)18-11-20-15-32(29-23(20)22(27)12-18)21-6-8-30(9-7-21)25(33)34-26(3,4)5/h10-15,21H,6-9H2,1-5H3. The minimum atomic E-state index is -0.511. The first-order chi connectivity index (χ1) is 16.1. The van der Waals surface area contributed by atoms with Gasteiger partial charge in [0.1, 0.15) is 16.8 Å². The number of fused-ring (bicyclic) bond motifs is 2. The van der Waals surface area contributed by atoms with Crippen LogP contribution < -0.4 is 0 Å². The third-order valence-corrected chi connectivity index (χ3v) is 6.26. The molecule has 0 aliphatic carbocycles. The predicted molar refractivity (Wildman–Crippen MR) is 129 cm³/mol. The smallest absolute Gasteiger partial charge is 0.410 e. The molecule has 4 heterocycles. The summed E-state index contributed by atoms with van der Waals surface area (Å²) in [4.78, 5) is 18.6. The van der Waals surface area contributed by atoms with Crippen molar-refractivity contribution in [1.29, 1.82) is 0 Å². The van der Waals surface area contributed by atoms with E-state index in [0.29, 0.717) is 18.6 Å². The second-order valence-corrected chi connectivity index (χ2v) is 10.2. The SMILES string of the molecule is Cc1cn2cc(-c3cc(F)c4nn(C5CCN(C(=O)OC(C)(C)C)CC5)cc4c3)cc(C)c2n1. The molecule has 0 bridgehead atoms. The van der Waals surface area contributed by atoms with Gasteiger partial charge in [0, 0.05) is 37.1 Å². The molecular formula is C26H30FN5O2. The quantitative estimate of drug-likeness (QED) is 0.384. The molecular weight excluding hydrogens is 433 g/mol. The number of aromatic nitrogens is 4. The van der Waals surface area contributed by atoms with Gasteiger partial charge in [0.15, 0.2) is 5.82 Å². The third kappa shape index (κ3) is 4.24. The molecule has 0 saturated carbocycles. The number of imidazole rings is 1. The average molecular weight is 464 g/mol. The van der Waals surface area contributed by atoms with Gasteiger partial charge in [0.05, 0.1) is 11.7 Å². The van der Waals surface area contributed by atoms with Gasteiger partial charge in [-0.2, -0.15) is 5.10 Å². The minimum Gasteiger partial charge on any atom is -0.444 e. The molecule has 34 heavy (non-hydrogen) atoms. The van der Waals surface area contributed by atoms with Gasteiger partial charge in [-0.05, 0) is 82.3 Å². The Morgan fingerprint density at radius 1 is 1.06 bits per heavy atom. The van der Waals surface area contributed by atoms with Crippen LogP contribution in [0, 0.1) is 19.7 Å². The van der Waals surface area contributed by atoms with Gasteiger partial charge in [-0.25, -0.2) is 14.2 Å². The van der Waals surface area contributed by atoms with E-state index >= 15 is 4.39 Å². The molecule has 1 aliphatic rings. The summed E-state index contributed by atoms with van der Waals surface area (Å²) in [7, 11) is 0. The van der Waals surface area contributed by atoms with Gasteiger partial charge >= 0.3 is 6.09 Å². The summed E-state index contributed by atoms with van der Waals surface area (Å²) in [6.45, 7) is 10.8. The maximum Gasteiger partial charge on any atom is 0.410 e. The number of hydrogen-bond acceptors (Lipinski definition) is 4. The number of carbonyl (C=O) groups excluding carboxylic acids is 1. The van der Waals surface area contributed by atoms with Crippen molar-refractivity contribution in [1.82, 2.24) is 24.1 Å². The topological polar surface area (TPSA) is 64.7 Å². The predicted octanol–water partition coefficient (Wildman–Crippen LogP) is 5.68. The van der Waals surface area contributed by atoms with Crippen LogP contribution in [0.1, 0.15) is 50.9 Å². The number of piperidine rings is 1. The van der Waals surface area contributed by atoms with Crippen LogP contribution in [0.3, 0.4) is 0 Å². The zero-order valence-corrected chi connectivity index (χ0v) is 20.3. The van der Waals surface area contributed by atoms with Gasteiger partial charge in [-0.15, -0.1) is 0 Å². The summed E-state index contributed by atoms with van der Waals surface area (Å²) in [5.41, 5.74) is 4.49. The Hall–Kier alpha value is -3.42. The number of rotatable bonds is 2. The summed E-state index contributed by atoms with van der Waals surface area (Å²) in [6.07, 6.45) is 7.09. The Bertz CT molecular complexity index is 1390. The van der Waals surface area contributed by atoms with Crippen molar-refractivity contribution in [3.8, 4) is 11.1 Å². The van der Waals surface area contributed by atoms with E-state index in [2.05, 4.69) is 10.1 Å². The van der Waals surface area contributed by atoms with Gasteiger partial charge in [-0.3, -0.25) is 4.68 Å². The number of nitrogens with zero attached hydrogens (tertiary/aromatic N) is 5. The molecule has 4 aromatic rings. The molecule has 0 N–H and O–H groups in total. The van der Waals surface area contributed by atoms with Gasteiger partial charge in [-0.1, -0.05) is 0 Å². The number of hydrogen-bond donors (Lipinski definition) is 0. The Morgan fingerprint density at radius 2 is 1.79 bits per heavy atom. The second-order valence-electron chi connectivity index (χ2n) is 10.2. The fourth-order valence-electron chi connectivity index (χ4n) is 4.65. The van der Waals surface area contributed by atoms with Crippen LogP contribution in [0.25, 0.3) is 27.7 Å². The summed E-state index contributed by atoms with van der Waals surface area (Å²) in [6, 6.07) is 5.69. The Morgan fingerprint density at radius 3 is 2.50 bits per heavy atom. The Labute approximate surface area is 198 Å². The van der Waals surface area contributed by atoms with Gasteiger partial charge < -0.3 is 14.0 Å². The zero-order chi connectivity index (χ0) is 24.2. The molecule has 1 saturated heterocycles. The highest BCUT2D eigenvalue weighted by Gasteiger charge is 2.28. The maximum absolute atomic E-state index is 15.1. The van der Waals surface area contributed by atoms with E-state index in [-0.39, 0.29) is 18.0 Å². The van der Waals surface area contributed by atoms with Crippen LogP contribution in [0.2, 0.25) is 0 Å². The third-order valence-electron chi connectivity index (χ3n) is 6.26. The van der Waals surface area contributed by atoms with E-state index in [1.165, 1.54) is 0 Å². The zero-order valence-electron chi connectivity index (χ0n) is 20.3. The molecule has 0 unspecified atom stereocenters. The van der Waals surface area contributed by atoms with Crippen LogP contribution in [0.15, 0.2) is 36.8 Å². The van der Waals surface area contributed by atoms with Crippen molar-refractivity contribution in [2.75, 3.05) is 13.1 Å². The number of halogens is 1. The van der Waals surface area contributed by atoms with E-state index in [4.69, 9.17) is 4.74 Å². The summed E-state index contributed by atoms with van der Waals surface area (Å²) in [5, 5.41) is 5.33. The van der Waals surface area contributed by atoms with Crippen molar-refractivity contribution < 1.29 is 13.9 Å². The molecule has 3 aromatic heterocycles. The lowest BCUT2D eigenvalue weighted by Crippen LogP contribution is -2.42. The molecule has 1 fully saturated rings.